The van der Waals surface area contributed by atoms with Crippen LogP contribution < -0.4 is 10.9 Å². The standard InChI is InChI=1S/C12H26N2O3/c1-9(8-12(5,6)16-7)13-14-10(15)17-11(2,3)4/h9,13H,8H2,1-7H3,(H,14,15). The van der Waals surface area contributed by atoms with Gasteiger partial charge in [-0.1, -0.05) is 0 Å². The number of carbonyl (C=O) groups is 1. The number of hydrogen-bond acceptors (Lipinski definition) is 4. The van der Waals surface area contributed by atoms with E-state index in [9.17, 15) is 4.79 Å². The smallest absolute Gasteiger partial charge is 0.422 e. The average Bonchev–Trinajstić information content (AvgIpc) is 2.11. The summed E-state index contributed by atoms with van der Waals surface area (Å²) in [4.78, 5) is 11.4. The first-order chi connectivity index (χ1) is 7.56. The van der Waals surface area contributed by atoms with Crippen molar-refractivity contribution in [3.05, 3.63) is 0 Å². The number of hydrazine groups is 1. The quantitative estimate of drug-likeness (QED) is 0.730. The van der Waals surface area contributed by atoms with Crippen molar-refractivity contribution in [2.24, 2.45) is 0 Å². The Morgan fingerprint density at radius 2 is 1.76 bits per heavy atom. The van der Waals surface area contributed by atoms with Crippen LogP contribution in [0, 0.1) is 0 Å². The molecule has 0 aliphatic carbocycles. The van der Waals surface area contributed by atoms with Crippen molar-refractivity contribution >= 4 is 6.09 Å². The Kier molecular flexibility index (Phi) is 5.92. The van der Waals surface area contributed by atoms with Crippen molar-refractivity contribution in [1.29, 1.82) is 0 Å². The summed E-state index contributed by atoms with van der Waals surface area (Å²) in [6.07, 6.45) is 0.304. The summed E-state index contributed by atoms with van der Waals surface area (Å²) in [6, 6.07) is 0.0949. The van der Waals surface area contributed by atoms with Gasteiger partial charge >= 0.3 is 6.09 Å². The van der Waals surface area contributed by atoms with Crippen LogP contribution in [0.2, 0.25) is 0 Å². The van der Waals surface area contributed by atoms with Gasteiger partial charge < -0.3 is 9.47 Å². The fourth-order valence-electron chi connectivity index (χ4n) is 1.36. The van der Waals surface area contributed by atoms with Crippen LogP contribution in [-0.2, 0) is 9.47 Å². The van der Waals surface area contributed by atoms with Gasteiger partial charge in [0, 0.05) is 13.2 Å². The number of rotatable bonds is 5. The van der Waals surface area contributed by atoms with E-state index in [1.165, 1.54) is 0 Å². The summed E-state index contributed by atoms with van der Waals surface area (Å²) in [7, 11) is 1.67. The summed E-state index contributed by atoms with van der Waals surface area (Å²) in [5, 5.41) is 0. The van der Waals surface area contributed by atoms with E-state index in [-0.39, 0.29) is 11.6 Å². The molecule has 5 nitrogen and oxygen atoms in total. The van der Waals surface area contributed by atoms with Crippen LogP contribution in [0.5, 0.6) is 0 Å². The summed E-state index contributed by atoms with van der Waals surface area (Å²) in [5.74, 6) is 0. The third-order valence-electron chi connectivity index (χ3n) is 2.17. The lowest BCUT2D eigenvalue weighted by Gasteiger charge is -2.27. The van der Waals surface area contributed by atoms with Crippen LogP contribution in [0.25, 0.3) is 0 Å². The van der Waals surface area contributed by atoms with Crippen molar-refractivity contribution < 1.29 is 14.3 Å². The normalized spacial score (nSPS) is 14.3. The molecule has 0 saturated carbocycles. The van der Waals surface area contributed by atoms with E-state index in [2.05, 4.69) is 10.9 Å². The molecule has 0 spiro atoms. The lowest BCUT2D eigenvalue weighted by atomic mass is 10.0. The van der Waals surface area contributed by atoms with E-state index in [0.29, 0.717) is 0 Å². The van der Waals surface area contributed by atoms with E-state index >= 15 is 0 Å². The van der Waals surface area contributed by atoms with Gasteiger partial charge in [0.15, 0.2) is 0 Å². The van der Waals surface area contributed by atoms with E-state index in [1.807, 2.05) is 41.5 Å². The highest BCUT2D eigenvalue weighted by molar-refractivity contribution is 5.67. The molecule has 0 aliphatic rings. The predicted molar refractivity (Wildman–Crippen MR) is 67.7 cm³/mol. The molecule has 0 aromatic carbocycles. The van der Waals surface area contributed by atoms with Crippen LogP contribution in [0.1, 0.15) is 48.0 Å². The summed E-state index contributed by atoms with van der Waals surface area (Å²) in [6.45, 7) is 11.4. The van der Waals surface area contributed by atoms with Crippen molar-refractivity contribution in [2.45, 2.75) is 65.2 Å². The maximum atomic E-state index is 11.4. The highest BCUT2D eigenvalue weighted by atomic mass is 16.6. The van der Waals surface area contributed by atoms with E-state index in [1.54, 1.807) is 7.11 Å². The summed E-state index contributed by atoms with van der Waals surface area (Å²) < 4.78 is 10.4. The zero-order valence-electron chi connectivity index (χ0n) is 12.0. The Morgan fingerprint density at radius 1 is 1.24 bits per heavy atom. The Bertz CT molecular complexity index is 247. The van der Waals surface area contributed by atoms with Crippen molar-refractivity contribution in [1.82, 2.24) is 10.9 Å². The van der Waals surface area contributed by atoms with Crippen LogP contribution in [0.3, 0.4) is 0 Å². The lowest BCUT2D eigenvalue weighted by Crippen LogP contribution is -2.47. The van der Waals surface area contributed by atoms with Gasteiger partial charge in [-0.3, -0.25) is 5.43 Å². The number of hydrogen-bond donors (Lipinski definition) is 2. The van der Waals surface area contributed by atoms with Crippen LogP contribution in [0.4, 0.5) is 4.79 Å². The number of amides is 1. The first-order valence-electron chi connectivity index (χ1n) is 5.85. The second-order valence-corrected chi connectivity index (χ2v) is 5.84. The molecule has 1 unspecified atom stereocenters. The van der Waals surface area contributed by atoms with Gasteiger partial charge in [0.25, 0.3) is 0 Å². The van der Waals surface area contributed by atoms with Crippen LogP contribution in [-0.4, -0.2) is 30.4 Å². The molecule has 1 atom stereocenters. The molecule has 0 rings (SSSR count). The summed E-state index contributed by atoms with van der Waals surface area (Å²) in [5.41, 5.74) is 4.70. The fraction of sp³-hybridized carbons (Fsp3) is 0.917. The SMILES string of the molecule is COC(C)(C)CC(C)NNC(=O)OC(C)(C)C. The largest absolute Gasteiger partial charge is 0.443 e. The zero-order chi connectivity index (χ0) is 13.7. The topological polar surface area (TPSA) is 59.6 Å². The molecular weight excluding hydrogens is 220 g/mol. The summed E-state index contributed by atoms with van der Waals surface area (Å²) >= 11 is 0. The molecule has 1 amide bonds. The molecule has 5 heteroatoms. The molecule has 102 valence electrons. The monoisotopic (exact) mass is 246 g/mol. The van der Waals surface area contributed by atoms with Gasteiger partial charge in [-0.25, -0.2) is 10.2 Å². The minimum atomic E-state index is -0.485. The molecule has 2 N–H and O–H groups in total. The lowest BCUT2D eigenvalue weighted by molar-refractivity contribution is 0.00590. The second-order valence-electron chi connectivity index (χ2n) is 5.84. The molecule has 0 saturated heterocycles. The Balaban J connectivity index is 3.93. The highest BCUT2D eigenvalue weighted by Crippen LogP contribution is 2.14. The number of nitrogens with one attached hydrogen (secondary N) is 2. The first kappa shape index (κ1) is 16.2. The Hall–Kier alpha value is -0.810. The van der Waals surface area contributed by atoms with Crippen molar-refractivity contribution in [3.8, 4) is 0 Å². The minimum Gasteiger partial charge on any atom is -0.443 e. The number of methoxy groups -OCH3 is 1. The van der Waals surface area contributed by atoms with Gasteiger partial charge in [0.2, 0.25) is 0 Å². The molecule has 17 heavy (non-hydrogen) atoms. The van der Waals surface area contributed by atoms with Gasteiger partial charge in [0.1, 0.15) is 5.60 Å². The molecular formula is C12H26N2O3. The molecule has 0 radical (unpaired) electrons. The zero-order valence-corrected chi connectivity index (χ0v) is 12.0. The van der Waals surface area contributed by atoms with Crippen LogP contribution in [0.15, 0.2) is 0 Å². The number of carbonyl (C=O) groups excluding carboxylic acids is 1. The maximum Gasteiger partial charge on any atom is 0.422 e. The minimum absolute atomic E-state index is 0.0949. The first-order valence-corrected chi connectivity index (χ1v) is 5.85. The fourth-order valence-corrected chi connectivity index (χ4v) is 1.36. The van der Waals surface area contributed by atoms with E-state index < -0.39 is 11.7 Å². The third-order valence-corrected chi connectivity index (χ3v) is 2.17. The van der Waals surface area contributed by atoms with Crippen molar-refractivity contribution in [2.75, 3.05) is 7.11 Å². The van der Waals surface area contributed by atoms with Crippen molar-refractivity contribution in [3.63, 3.8) is 0 Å². The van der Waals surface area contributed by atoms with Gasteiger partial charge in [-0.15, -0.1) is 0 Å². The van der Waals surface area contributed by atoms with Gasteiger partial charge in [-0.05, 0) is 48.0 Å². The number of ether oxygens (including phenoxy) is 2. The van der Waals surface area contributed by atoms with Crippen LogP contribution >= 0.6 is 0 Å². The van der Waals surface area contributed by atoms with E-state index in [0.717, 1.165) is 6.42 Å². The molecule has 0 aromatic heterocycles. The average molecular weight is 246 g/mol. The van der Waals surface area contributed by atoms with E-state index in [4.69, 9.17) is 9.47 Å². The Morgan fingerprint density at radius 3 is 2.18 bits per heavy atom. The van der Waals surface area contributed by atoms with Gasteiger partial charge in [0.05, 0.1) is 5.60 Å². The predicted octanol–water partition coefficient (Wildman–Crippen LogP) is 2.22. The molecule has 0 bridgehead atoms. The second kappa shape index (κ2) is 6.21. The van der Waals surface area contributed by atoms with Gasteiger partial charge in [-0.2, -0.15) is 0 Å². The maximum absolute atomic E-state index is 11.4. The molecule has 0 fully saturated rings. The molecule has 0 heterocycles. The Labute approximate surface area is 104 Å². The third kappa shape index (κ3) is 8.94. The molecule has 0 aromatic rings. The highest BCUT2D eigenvalue weighted by Gasteiger charge is 2.21. The molecule has 0 aliphatic heterocycles.